The van der Waals surface area contributed by atoms with Crippen LogP contribution in [0, 0.1) is 19.8 Å². The lowest BCUT2D eigenvalue weighted by Gasteiger charge is -2.30. The molecule has 31 heavy (non-hydrogen) atoms. The molecule has 2 heterocycles. The Labute approximate surface area is 191 Å². The smallest absolute Gasteiger partial charge is 0.241 e. The van der Waals surface area contributed by atoms with Crippen molar-refractivity contribution < 1.29 is 9.32 Å². The molecule has 0 aliphatic carbocycles. The summed E-state index contributed by atoms with van der Waals surface area (Å²) in [7, 11) is 0. The van der Waals surface area contributed by atoms with Crippen molar-refractivity contribution >= 4 is 34.8 Å². The number of halogens is 2. The minimum absolute atomic E-state index is 0.0483. The average Bonchev–Trinajstić information content (AvgIpc) is 3.19. The first kappa shape index (κ1) is 21.8. The summed E-state index contributed by atoms with van der Waals surface area (Å²) in [5.74, 6) is 0.893. The van der Waals surface area contributed by atoms with Crippen LogP contribution in [0.15, 0.2) is 40.9 Å². The number of nitrogens with zero attached hydrogens (tertiary/aromatic N) is 3. The highest BCUT2D eigenvalue weighted by Crippen LogP contribution is 2.29. The first-order valence-electron chi connectivity index (χ1n) is 10.3. The molecule has 3 aromatic rings. The molecular formula is C23H24Cl2N4O2. The number of nitrogens with one attached hydrogen (secondary N) is 1. The zero-order chi connectivity index (χ0) is 22.0. The van der Waals surface area contributed by atoms with Crippen LogP contribution >= 0.6 is 23.2 Å². The number of piperidine rings is 1. The number of aryl methyl sites for hydroxylation is 2. The summed E-state index contributed by atoms with van der Waals surface area (Å²) in [6.07, 6.45) is 1.80. The molecule has 6 nitrogen and oxygen atoms in total. The molecular weight excluding hydrogens is 435 g/mol. The molecule has 1 unspecified atom stereocenters. The molecule has 0 saturated carbocycles. The largest absolute Gasteiger partial charge is 0.338 e. The van der Waals surface area contributed by atoms with E-state index in [0.29, 0.717) is 40.4 Å². The van der Waals surface area contributed by atoms with E-state index >= 15 is 0 Å². The van der Waals surface area contributed by atoms with Gasteiger partial charge in [0.05, 0.1) is 17.5 Å². The maximum Gasteiger partial charge on any atom is 0.241 e. The summed E-state index contributed by atoms with van der Waals surface area (Å²) >= 11 is 12.2. The van der Waals surface area contributed by atoms with E-state index in [1.54, 1.807) is 18.2 Å². The summed E-state index contributed by atoms with van der Waals surface area (Å²) in [6.45, 7) is 6.13. The van der Waals surface area contributed by atoms with Gasteiger partial charge in [-0.05, 0) is 74.7 Å². The van der Waals surface area contributed by atoms with Gasteiger partial charge in [0.15, 0.2) is 0 Å². The number of rotatable bonds is 5. The second-order valence-electron chi connectivity index (χ2n) is 8.00. The minimum atomic E-state index is -0.0801. The van der Waals surface area contributed by atoms with Gasteiger partial charge in [-0.2, -0.15) is 4.98 Å². The van der Waals surface area contributed by atoms with Crippen LogP contribution < -0.4 is 5.32 Å². The van der Waals surface area contributed by atoms with Crippen molar-refractivity contribution in [1.29, 1.82) is 0 Å². The number of carbonyl (C=O) groups excluding carboxylic acids is 1. The van der Waals surface area contributed by atoms with Gasteiger partial charge in [-0.3, -0.25) is 9.69 Å². The van der Waals surface area contributed by atoms with Gasteiger partial charge in [0.25, 0.3) is 0 Å². The molecule has 1 amide bonds. The lowest BCUT2D eigenvalue weighted by Crippen LogP contribution is -2.40. The topological polar surface area (TPSA) is 71.3 Å². The number of hydrogen-bond donors (Lipinski definition) is 1. The summed E-state index contributed by atoms with van der Waals surface area (Å²) in [4.78, 5) is 19.4. The third-order valence-corrected chi connectivity index (χ3v) is 6.20. The Morgan fingerprint density at radius 2 is 2.03 bits per heavy atom. The fraction of sp³-hybridized carbons (Fsp3) is 0.348. The average molecular weight is 459 g/mol. The number of hydrogen-bond acceptors (Lipinski definition) is 5. The fourth-order valence-electron chi connectivity index (χ4n) is 3.77. The number of benzene rings is 2. The third kappa shape index (κ3) is 5.26. The Hall–Kier alpha value is -2.41. The van der Waals surface area contributed by atoms with Gasteiger partial charge < -0.3 is 9.84 Å². The molecule has 4 rings (SSSR count). The monoisotopic (exact) mass is 458 g/mol. The van der Waals surface area contributed by atoms with Crippen LogP contribution in [0.2, 0.25) is 10.0 Å². The number of likely N-dealkylation sites (tertiary alicyclic amines) is 1. The van der Waals surface area contributed by atoms with E-state index in [4.69, 9.17) is 27.7 Å². The Morgan fingerprint density at radius 1 is 1.19 bits per heavy atom. The van der Waals surface area contributed by atoms with E-state index in [9.17, 15) is 4.79 Å². The Balaban J connectivity index is 1.38. The van der Waals surface area contributed by atoms with E-state index in [2.05, 4.69) is 27.3 Å². The van der Waals surface area contributed by atoms with E-state index in [0.717, 1.165) is 30.6 Å². The molecule has 2 aromatic carbocycles. The minimum Gasteiger partial charge on any atom is -0.338 e. The van der Waals surface area contributed by atoms with E-state index in [1.807, 2.05) is 25.1 Å². The standard InChI is InChI=1S/C23H24Cl2N4O2/c1-14-5-7-18(10-15(14)2)26-23(30)16-4-3-9-29(12-16)13-21-27-22(28-31-21)19-8-6-17(24)11-20(19)25/h5-8,10-11,16H,3-4,9,12-13H2,1-2H3,(H,26,30). The number of anilines is 1. The van der Waals surface area contributed by atoms with Crippen LogP contribution in [0.5, 0.6) is 0 Å². The maximum atomic E-state index is 12.8. The van der Waals surface area contributed by atoms with Gasteiger partial charge >= 0.3 is 0 Å². The van der Waals surface area contributed by atoms with E-state index in [-0.39, 0.29) is 11.8 Å². The van der Waals surface area contributed by atoms with Crippen molar-refractivity contribution in [3.63, 3.8) is 0 Å². The lowest BCUT2D eigenvalue weighted by atomic mass is 9.97. The molecule has 1 aliphatic rings. The van der Waals surface area contributed by atoms with Crippen molar-refractivity contribution in [2.45, 2.75) is 33.2 Å². The molecule has 162 valence electrons. The summed E-state index contributed by atoms with van der Waals surface area (Å²) < 4.78 is 5.43. The SMILES string of the molecule is Cc1ccc(NC(=O)C2CCCN(Cc3nc(-c4ccc(Cl)cc4Cl)no3)C2)cc1C. The zero-order valence-electron chi connectivity index (χ0n) is 17.5. The van der Waals surface area contributed by atoms with E-state index in [1.165, 1.54) is 5.56 Å². The highest BCUT2D eigenvalue weighted by Gasteiger charge is 2.27. The number of aromatic nitrogens is 2. The van der Waals surface area contributed by atoms with Gasteiger partial charge in [-0.25, -0.2) is 0 Å². The van der Waals surface area contributed by atoms with Crippen LogP contribution in [0.1, 0.15) is 29.9 Å². The second kappa shape index (κ2) is 9.39. The molecule has 1 aliphatic heterocycles. The van der Waals surface area contributed by atoms with Crippen molar-refractivity contribution in [2.24, 2.45) is 5.92 Å². The van der Waals surface area contributed by atoms with Crippen LogP contribution in [0.25, 0.3) is 11.4 Å². The van der Waals surface area contributed by atoms with Crippen LogP contribution in [0.3, 0.4) is 0 Å². The Bertz CT molecular complexity index is 1100. The first-order chi connectivity index (χ1) is 14.9. The summed E-state index contributed by atoms with van der Waals surface area (Å²) in [5, 5.41) is 8.13. The van der Waals surface area contributed by atoms with Crippen molar-refractivity contribution in [3.05, 3.63) is 63.5 Å². The van der Waals surface area contributed by atoms with Gasteiger partial charge in [-0.1, -0.05) is 34.4 Å². The highest BCUT2D eigenvalue weighted by atomic mass is 35.5. The molecule has 1 aromatic heterocycles. The molecule has 0 bridgehead atoms. The fourth-order valence-corrected chi connectivity index (χ4v) is 4.26. The van der Waals surface area contributed by atoms with Gasteiger partial charge in [-0.15, -0.1) is 0 Å². The van der Waals surface area contributed by atoms with E-state index < -0.39 is 0 Å². The zero-order valence-corrected chi connectivity index (χ0v) is 19.0. The van der Waals surface area contributed by atoms with Crippen molar-refractivity contribution in [1.82, 2.24) is 15.0 Å². The van der Waals surface area contributed by atoms with Crippen LogP contribution in [-0.4, -0.2) is 34.0 Å². The highest BCUT2D eigenvalue weighted by molar-refractivity contribution is 6.36. The second-order valence-corrected chi connectivity index (χ2v) is 8.84. The van der Waals surface area contributed by atoms with Crippen molar-refractivity contribution in [3.8, 4) is 11.4 Å². The molecule has 1 saturated heterocycles. The molecule has 8 heteroatoms. The van der Waals surface area contributed by atoms with Crippen LogP contribution in [-0.2, 0) is 11.3 Å². The summed E-state index contributed by atoms with van der Waals surface area (Å²) in [5.41, 5.74) is 3.88. The van der Waals surface area contributed by atoms with Gasteiger partial charge in [0, 0.05) is 22.8 Å². The van der Waals surface area contributed by atoms with Gasteiger partial charge in [0.2, 0.25) is 17.6 Å². The van der Waals surface area contributed by atoms with Crippen molar-refractivity contribution in [2.75, 3.05) is 18.4 Å². The molecule has 0 spiro atoms. The molecule has 1 N–H and O–H groups in total. The molecule has 0 radical (unpaired) electrons. The summed E-state index contributed by atoms with van der Waals surface area (Å²) in [6, 6.07) is 11.1. The molecule has 1 fully saturated rings. The quantitative estimate of drug-likeness (QED) is 0.545. The normalized spacial score (nSPS) is 17.0. The Morgan fingerprint density at radius 3 is 2.81 bits per heavy atom. The lowest BCUT2D eigenvalue weighted by molar-refractivity contribution is -0.121. The van der Waals surface area contributed by atoms with Gasteiger partial charge in [0.1, 0.15) is 0 Å². The third-order valence-electron chi connectivity index (χ3n) is 5.65. The first-order valence-corrected chi connectivity index (χ1v) is 11.0. The Kier molecular flexibility index (Phi) is 6.60. The number of carbonyl (C=O) groups is 1. The molecule has 1 atom stereocenters. The van der Waals surface area contributed by atoms with Crippen LogP contribution in [0.4, 0.5) is 5.69 Å². The maximum absolute atomic E-state index is 12.8. The predicted octanol–water partition coefficient (Wildman–Crippen LogP) is 5.51. The number of amides is 1. The predicted molar refractivity (Wildman–Crippen MR) is 122 cm³/mol.